The number of ether oxygens (including phenoxy) is 2. The van der Waals surface area contributed by atoms with Gasteiger partial charge in [-0.05, 0) is 62.7 Å². The van der Waals surface area contributed by atoms with E-state index in [-0.39, 0.29) is 23.6 Å². The first kappa shape index (κ1) is 23.8. The SMILES string of the molecule is COC(=O)C1=C(C)N(Cc2ccco2)C(=O)C1=Cc1cc(C)n(-c2ccccc2C(=O)OC)c1C. The molecule has 180 valence electrons. The van der Waals surface area contributed by atoms with E-state index in [2.05, 4.69) is 0 Å². The van der Waals surface area contributed by atoms with Gasteiger partial charge >= 0.3 is 11.9 Å². The van der Waals surface area contributed by atoms with Crippen LogP contribution in [0.2, 0.25) is 0 Å². The molecule has 0 N–H and O–H groups in total. The Morgan fingerprint density at radius 2 is 1.71 bits per heavy atom. The molecule has 2 aromatic heterocycles. The van der Waals surface area contributed by atoms with Gasteiger partial charge < -0.3 is 23.4 Å². The lowest BCUT2D eigenvalue weighted by Crippen LogP contribution is -2.24. The number of aromatic nitrogens is 1. The molecule has 1 aliphatic heterocycles. The number of allylic oxidation sites excluding steroid dienone is 1. The number of esters is 2. The maximum atomic E-state index is 13.4. The maximum Gasteiger partial charge on any atom is 0.340 e. The van der Waals surface area contributed by atoms with Crippen LogP contribution < -0.4 is 0 Å². The number of nitrogens with zero attached hydrogens (tertiary/aromatic N) is 2. The lowest BCUT2D eigenvalue weighted by Gasteiger charge is -2.16. The van der Waals surface area contributed by atoms with Crippen molar-refractivity contribution < 1.29 is 28.3 Å². The van der Waals surface area contributed by atoms with Crippen LogP contribution in [0.25, 0.3) is 11.8 Å². The molecule has 0 atom stereocenters. The number of hydrogen-bond acceptors (Lipinski definition) is 6. The standard InChI is InChI=1S/C27H26N2O6/c1-16-13-19(17(2)29(16)23-11-7-6-10-21(23)26(31)33-4)14-22-24(27(32)34-5)18(3)28(25(22)30)15-20-9-8-12-35-20/h6-14H,15H2,1-5H3. The zero-order valence-electron chi connectivity index (χ0n) is 20.2. The maximum absolute atomic E-state index is 13.4. The molecule has 0 saturated carbocycles. The summed E-state index contributed by atoms with van der Waals surface area (Å²) in [6.07, 6.45) is 3.23. The fourth-order valence-corrected chi connectivity index (χ4v) is 4.39. The molecule has 8 heteroatoms. The van der Waals surface area contributed by atoms with Crippen molar-refractivity contribution in [3.63, 3.8) is 0 Å². The van der Waals surface area contributed by atoms with E-state index in [0.29, 0.717) is 22.7 Å². The first-order chi connectivity index (χ1) is 16.8. The fraction of sp³-hybridized carbons (Fsp3) is 0.222. The highest BCUT2D eigenvalue weighted by Gasteiger charge is 2.37. The predicted octanol–water partition coefficient (Wildman–Crippen LogP) is 4.35. The fourth-order valence-electron chi connectivity index (χ4n) is 4.39. The van der Waals surface area contributed by atoms with E-state index in [0.717, 1.165) is 17.0 Å². The number of carbonyl (C=O) groups is 3. The highest BCUT2D eigenvalue weighted by Crippen LogP contribution is 2.34. The Bertz CT molecular complexity index is 1370. The molecule has 0 unspecified atom stereocenters. The first-order valence-electron chi connectivity index (χ1n) is 11.0. The summed E-state index contributed by atoms with van der Waals surface area (Å²) in [5.74, 6) is -0.757. The minimum Gasteiger partial charge on any atom is -0.467 e. The molecule has 8 nitrogen and oxygen atoms in total. The molecular formula is C27H26N2O6. The van der Waals surface area contributed by atoms with E-state index in [1.54, 1.807) is 37.3 Å². The smallest absolute Gasteiger partial charge is 0.340 e. The monoisotopic (exact) mass is 474 g/mol. The molecule has 35 heavy (non-hydrogen) atoms. The summed E-state index contributed by atoms with van der Waals surface area (Å²) in [4.78, 5) is 40.0. The van der Waals surface area contributed by atoms with Crippen LogP contribution in [0.15, 0.2) is 70.0 Å². The topological polar surface area (TPSA) is 91.0 Å². The Hall–Kier alpha value is -4.33. The van der Waals surface area contributed by atoms with Gasteiger partial charge in [-0.1, -0.05) is 12.1 Å². The molecule has 0 aliphatic carbocycles. The molecule has 1 aliphatic rings. The summed E-state index contributed by atoms with van der Waals surface area (Å²) in [5, 5.41) is 0. The van der Waals surface area contributed by atoms with Crippen LogP contribution in [0.3, 0.4) is 0 Å². The number of furan rings is 1. The normalized spacial score (nSPS) is 14.7. The van der Waals surface area contributed by atoms with E-state index < -0.39 is 11.9 Å². The average molecular weight is 475 g/mol. The number of benzene rings is 1. The van der Waals surface area contributed by atoms with Crippen molar-refractivity contribution in [3.05, 3.63) is 93.8 Å². The number of hydrogen-bond donors (Lipinski definition) is 0. The van der Waals surface area contributed by atoms with E-state index in [1.807, 2.05) is 36.6 Å². The van der Waals surface area contributed by atoms with Crippen molar-refractivity contribution in [3.8, 4) is 5.69 Å². The summed E-state index contributed by atoms with van der Waals surface area (Å²) < 4.78 is 17.3. The van der Waals surface area contributed by atoms with Crippen molar-refractivity contribution in [1.29, 1.82) is 0 Å². The van der Waals surface area contributed by atoms with Gasteiger partial charge in [0.2, 0.25) is 0 Å². The third-order valence-electron chi connectivity index (χ3n) is 6.12. The van der Waals surface area contributed by atoms with Crippen molar-refractivity contribution >= 4 is 23.9 Å². The number of carbonyl (C=O) groups excluding carboxylic acids is 3. The van der Waals surface area contributed by atoms with Crippen LogP contribution in [0, 0.1) is 13.8 Å². The summed E-state index contributed by atoms with van der Waals surface area (Å²) in [5.41, 5.74) is 4.41. The Morgan fingerprint density at radius 1 is 1.00 bits per heavy atom. The molecule has 4 rings (SSSR count). The molecular weight excluding hydrogens is 448 g/mol. The minimum atomic E-state index is -0.589. The average Bonchev–Trinajstić information content (AvgIpc) is 3.53. The largest absolute Gasteiger partial charge is 0.467 e. The van der Waals surface area contributed by atoms with E-state index in [1.165, 1.54) is 25.4 Å². The molecule has 3 heterocycles. The van der Waals surface area contributed by atoms with Gasteiger partial charge in [0.15, 0.2) is 0 Å². The zero-order valence-corrected chi connectivity index (χ0v) is 20.2. The number of aryl methyl sites for hydroxylation is 1. The van der Waals surface area contributed by atoms with Gasteiger partial charge in [0.05, 0.1) is 49.4 Å². The Labute approximate surface area is 203 Å². The van der Waals surface area contributed by atoms with Crippen LogP contribution in [-0.4, -0.2) is 41.5 Å². The third kappa shape index (κ3) is 4.19. The zero-order chi connectivity index (χ0) is 25.3. The second-order valence-electron chi connectivity index (χ2n) is 8.15. The number of amides is 1. The van der Waals surface area contributed by atoms with Crippen molar-refractivity contribution in [2.24, 2.45) is 0 Å². The van der Waals surface area contributed by atoms with Gasteiger partial charge in [0.25, 0.3) is 5.91 Å². The van der Waals surface area contributed by atoms with Crippen LogP contribution in [0.1, 0.15) is 40.0 Å². The summed E-state index contributed by atoms with van der Waals surface area (Å²) in [6, 6.07) is 12.6. The highest BCUT2D eigenvalue weighted by molar-refractivity contribution is 6.16. The highest BCUT2D eigenvalue weighted by atomic mass is 16.5. The predicted molar refractivity (Wildman–Crippen MR) is 129 cm³/mol. The van der Waals surface area contributed by atoms with Crippen LogP contribution in [-0.2, 0) is 25.6 Å². The molecule has 1 amide bonds. The summed E-state index contributed by atoms with van der Waals surface area (Å²) >= 11 is 0. The van der Waals surface area contributed by atoms with Crippen molar-refractivity contribution in [2.45, 2.75) is 27.3 Å². The lowest BCUT2D eigenvalue weighted by molar-refractivity contribution is -0.136. The lowest BCUT2D eigenvalue weighted by atomic mass is 10.0. The summed E-state index contributed by atoms with van der Waals surface area (Å²) in [7, 11) is 2.63. The molecule has 3 aromatic rings. The molecule has 0 radical (unpaired) electrons. The van der Waals surface area contributed by atoms with E-state index in [9.17, 15) is 14.4 Å². The minimum absolute atomic E-state index is 0.195. The molecule has 0 bridgehead atoms. The number of methoxy groups -OCH3 is 2. The van der Waals surface area contributed by atoms with Gasteiger partial charge in [0.1, 0.15) is 5.76 Å². The van der Waals surface area contributed by atoms with Crippen molar-refractivity contribution in [2.75, 3.05) is 14.2 Å². The van der Waals surface area contributed by atoms with Gasteiger partial charge in [-0.25, -0.2) is 9.59 Å². The van der Waals surface area contributed by atoms with Crippen LogP contribution in [0.5, 0.6) is 0 Å². The molecule has 0 saturated heterocycles. The van der Waals surface area contributed by atoms with E-state index >= 15 is 0 Å². The second-order valence-corrected chi connectivity index (χ2v) is 8.15. The molecule has 0 fully saturated rings. The quantitative estimate of drug-likeness (QED) is 0.390. The Kier molecular flexibility index (Phi) is 6.46. The van der Waals surface area contributed by atoms with Crippen LogP contribution >= 0.6 is 0 Å². The number of para-hydroxylation sites is 1. The third-order valence-corrected chi connectivity index (χ3v) is 6.12. The number of rotatable bonds is 6. The summed E-state index contributed by atoms with van der Waals surface area (Å²) in [6.45, 7) is 5.71. The Morgan fingerprint density at radius 3 is 2.37 bits per heavy atom. The molecule has 1 aromatic carbocycles. The first-order valence-corrected chi connectivity index (χ1v) is 11.0. The second kappa shape index (κ2) is 9.50. The van der Waals surface area contributed by atoms with Gasteiger partial charge in [-0.15, -0.1) is 0 Å². The van der Waals surface area contributed by atoms with Crippen molar-refractivity contribution in [1.82, 2.24) is 9.47 Å². The van der Waals surface area contributed by atoms with E-state index in [4.69, 9.17) is 13.9 Å². The van der Waals surface area contributed by atoms with Gasteiger partial charge in [-0.3, -0.25) is 4.79 Å². The Balaban J connectivity index is 1.82. The van der Waals surface area contributed by atoms with Gasteiger partial charge in [-0.2, -0.15) is 0 Å². The van der Waals surface area contributed by atoms with Crippen LogP contribution in [0.4, 0.5) is 0 Å². The molecule has 0 spiro atoms. The van der Waals surface area contributed by atoms with Gasteiger partial charge in [0, 0.05) is 17.1 Å².